The summed E-state index contributed by atoms with van der Waals surface area (Å²) in [5, 5.41) is 18.9. The molecule has 0 aliphatic rings. The van der Waals surface area contributed by atoms with Crippen molar-refractivity contribution in [1.82, 2.24) is 0 Å². The van der Waals surface area contributed by atoms with Crippen molar-refractivity contribution in [2.24, 2.45) is 0 Å². The van der Waals surface area contributed by atoms with Crippen LogP contribution in [0.2, 0.25) is 0 Å². The third kappa shape index (κ3) is 1.94. The molecule has 76 valence electrons. The first-order valence-electron chi connectivity index (χ1n) is 4.76. The van der Waals surface area contributed by atoms with Crippen molar-refractivity contribution >= 4 is 0 Å². The normalized spacial score (nSPS) is 10.2. The van der Waals surface area contributed by atoms with Gasteiger partial charge in [-0.05, 0) is 36.8 Å². The van der Waals surface area contributed by atoms with E-state index in [2.05, 4.69) is 0 Å². The number of hydrogen-bond donors (Lipinski definition) is 2. The van der Waals surface area contributed by atoms with Gasteiger partial charge in [0.1, 0.15) is 11.5 Å². The SMILES string of the molecule is Cc1ccc(O)c(-c2ccc(O)cc2)c1. The number of phenolic OH excluding ortho intramolecular Hbond substituents is 2. The van der Waals surface area contributed by atoms with Gasteiger partial charge < -0.3 is 10.2 Å². The number of aromatic hydroxyl groups is 2. The second-order valence-corrected chi connectivity index (χ2v) is 3.57. The monoisotopic (exact) mass is 200 g/mol. The highest BCUT2D eigenvalue weighted by Crippen LogP contribution is 2.30. The van der Waals surface area contributed by atoms with Crippen LogP contribution in [0.4, 0.5) is 0 Å². The van der Waals surface area contributed by atoms with Crippen molar-refractivity contribution in [3.63, 3.8) is 0 Å². The molecule has 2 heteroatoms. The number of aryl methyl sites for hydroxylation is 1. The van der Waals surface area contributed by atoms with E-state index >= 15 is 0 Å². The molecule has 0 aromatic heterocycles. The maximum atomic E-state index is 9.70. The molecule has 0 atom stereocenters. The van der Waals surface area contributed by atoms with Crippen molar-refractivity contribution in [3.8, 4) is 22.6 Å². The van der Waals surface area contributed by atoms with E-state index in [0.29, 0.717) is 0 Å². The van der Waals surface area contributed by atoms with Gasteiger partial charge in [-0.2, -0.15) is 0 Å². The molecule has 2 N–H and O–H groups in total. The van der Waals surface area contributed by atoms with Crippen LogP contribution in [0.5, 0.6) is 11.5 Å². The van der Waals surface area contributed by atoms with Gasteiger partial charge in [0.15, 0.2) is 0 Å². The van der Waals surface area contributed by atoms with Crippen molar-refractivity contribution in [2.45, 2.75) is 6.92 Å². The lowest BCUT2D eigenvalue weighted by atomic mass is 10.0. The van der Waals surface area contributed by atoms with Crippen LogP contribution in [-0.4, -0.2) is 10.2 Å². The average molecular weight is 200 g/mol. The third-order valence-corrected chi connectivity index (χ3v) is 2.33. The summed E-state index contributed by atoms with van der Waals surface area (Å²) < 4.78 is 0. The van der Waals surface area contributed by atoms with Crippen molar-refractivity contribution in [1.29, 1.82) is 0 Å². The van der Waals surface area contributed by atoms with Crippen LogP contribution in [-0.2, 0) is 0 Å². The minimum Gasteiger partial charge on any atom is -0.508 e. The molecule has 0 aliphatic carbocycles. The van der Waals surface area contributed by atoms with Gasteiger partial charge in [0.2, 0.25) is 0 Å². The maximum Gasteiger partial charge on any atom is 0.123 e. The summed E-state index contributed by atoms with van der Waals surface area (Å²) in [6, 6.07) is 12.2. The van der Waals surface area contributed by atoms with Gasteiger partial charge in [0.25, 0.3) is 0 Å². The van der Waals surface area contributed by atoms with E-state index in [1.807, 2.05) is 19.1 Å². The molecule has 2 aromatic carbocycles. The molecule has 2 rings (SSSR count). The first-order valence-corrected chi connectivity index (χ1v) is 4.76. The Balaban J connectivity index is 2.53. The van der Waals surface area contributed by atoms with Crippen molar-refractivity contribution in [3.05, 3.63) is 48.0 Å². The summed E-state index contributed by atoms with van der Waals surface area (Å²) in [5.74, 6) is 0.484. The summed E-state index contributed by atoms with van der Waals surface area (Å²) in [6.07, 6.45) is 0. The molecule has 0 bridgehead atoms. The quantitative estimate of drug-likeness (QED) is 0.742. The fourth-order valence-electron chi connectivity index (χ4n) is 1.52. The average Bonchev–Trinajstić information content (AvgIpc) is 2.23. The standard InChI is InChI=1S/C13H12O2/c1-9-2-7-13(15)12(8-9)10-3-5-11(14)6-4-10/h2-8,14-15H,1H3. The van der Waals surface area contributed by atoms with E-state index in [1.165, 1.54) is 0 Å². The fraction of sp³-hybridized carbons (Fsp3) is 0.0769. The van der Waals surface area contributed by atoms with E-state index in [1.54, 1.807) is 30.3 Å². The van der Waals surface area contributed by atoms with E-state index in [-0.39, 0.29) is 11.5 Å². The molecular weight excluding hydrogens is 188 g/mol. The van der Waals surface area contributed by atoms with E-state index in [0.717, 1.165) is 16.7 Å². The summed E-state index contributed by atoms with van der Waals surface area (Å²) in [7, 11) is 0. The lowest BCUT2D eigenvalue weighted by Gasteiger charge is -2.05. The van der Waals surface area contributed by atoms with Crippen molar-refractivity contribution in [2.75, 3.05) is 0 Å². The zero-order valence-electron chi connectivity index (χ0n) is 8.44. The predicted octanol–water partition coefficient (Wildman–Crippen LogP) is 3.07. The molecule has 0 saturated heterocycles. The highest BCUT2D eigenvalue weighted by atomic mass is 16.3. The molecule has 0 fully saturated rings. The molecule has 15 heavy (non-hydrogen) atoms. The Hall–Kier alpha value is -1.96. The predicted molar refractivity (Wildman–Crippen MR) is 59.9 cm³/mol. The minimum absolute atomic E-state index is 0.228. The van der Waals surface area contributed by atoms with Gasteiger partial charge in [-0.3, -0.25) is 0 Å². The van der Waals surface area contributed by atoms with Crippen LogP contribution in [0.1, 0.15) is 5.56 Å². The number of rotatable bonds is 1. The molecular formula is C13H12O2. The Bertz CT molecular complexity index is 472. The summed E-state index contributed by atoms with van der Waals surface area (Å²) in [6.45, 7) is 1.98. The summed E-state index contributed by atoms with van der Waals surface area (Å²) in [4.78, 5) is 0. The lowest BCUT2D eigenvalue weighted by molar-refractivity contribution is 0.474. The molecule has 0 spiro atoms. The summed E-state index contributed by atoms with van der Waals surface area (Å²) >= 11 is 0. The van der Waals surface area contributed by atoms with Gasteiger partial charge >= 0.3 is 0 Å². The maximum absolute atomic E-state index is 9.70. The van der Waals surface area contributed by atoms with Crippen LogP contribution >= 0.6 is 0 Å². The molecule has 0 saturated carbocycles. The van der Waals surface area contributed by atoms with Crippen LogP contribution in [0.3, 0.4) is 0 Å². The first kappa shape index (κ1) is 9.59. The molecule has 0 unspecified atom stereocenters. The Labute approximate surface area is 88.4 Å². The lowest BCUT2D eigenvalue weighted by Crippen LogP contribution is -1.80. The Kier molecular flexibility index (Phi) is 2.34. The molecule has 0 aliphatic heterocycles. The highest BCUT2D eigenvalue weighted by Gasteiger charge is 2.03. The van der Waals surface area contributed by atoms with Crippen LogP contribution in [0, 0.1) is 6.92 Å². The highest BCUT2D eigenvalue weighted by molar-refractivity contribution is 5.71. The Morgan fingerprint density at radius 1 is 0.867 bits per heavy atom. The molecule has 0 radical (unpaired) electrons. The zero-order chi connectivity index (χ0) is 10.8. The van der Waals surface area contributed by atoms with Crippen LogP contribution < -0.4 is 0 Å². The number of hydrogen-bond acceptors (Lipinski definition) is 2. The Morgan fingerprint density at radius 3 is 2.20 bits per heavy atom. The van der Waals surface area contributed by atoms with Crippen molar-refractivity contribution < 1.29 is 10.2 Å². The van der Waals surface area contributed by atoms with Gasteiger partial charge in [-0.15, -0.1) is 0 Å². The topological polar surface area (TPSA) is 40.5 Å². The minimum atomic E-state index is 0.228. The van der Waals surface area contributed by atoms with Crippen LogP contribution in [0.25, 0.3) is 11.1 Å². The molecule has 0 amide bonds. The molecule has 0 heterocycles. The van der Waals surface area contributed by atoms with Gasteiger partial charge in [-0.25, -0.2) is 0 Å². The van der Waals surface area contributed by atoms with Crippen LogP contribution in [0.15, 0.2) is 42.5 Å². The first-order chi connectivity index (χ1) is 7.16. The Morgan fingerprint density at radius 2 is 1.53 bits per heavy atom. The third-order valence-electron chi connectivity index (χ3n) is 2.33. The largest absolute Gasteiger partial charge is 0.508 e. The number of benzene rings is 2. The molecule has 2 aromatic rings. The molecule has 2 nitrogen and oxygen atoms in total. The van der Waals surface area contributed by atoms with Gasteiger partial charge in [0.05, 0.1) is 0 Å². The summed E-state index contributed by atoms with van der Waals surface area (Å²) in [5.41, 5.74) is 2.78. The second-order valence-electron chi connectivity index (χ2n) is 3.57. The smallest absolute Gasteiger partial charge is 0.123 e. The van der Waals surface area contributed by atoms with E-state index < -0.39 is 0 Å². The van der Waals surface area contributed by atoms with Gasteiger partial charge in [0, 0.05) is 5.56 Å². The van der Waals surface area contributed by atoms with Gasteiger partial charge in [-0.1, -0.05) is 23.8 Å². The van der Waals surface area contributed by atoms with E-state index in [4.69, 9.17) is 5.11 Å². The fourth-order valence-corrected chi connectivity index (χ4v) is 1.52. The number of phenols is 2. The zero-order valence-corrected chi connectivity index (χ0v) is 8.44. The van der Waals surface area contributed by atoms with E-state index in [9.17, 15) is 5.11 Å². The second kappa shape index (κ2) is 3.65.